The molecule has 0 aromatic rings. The molecular formula is C6H11N2O2. The molecule has 1 radical (unpaired) electrons. The van der Waals surface area contributed by atoms with E-state index in [2.05, 4.69) is 0 Å². The first-order valence-electron chi connectivity index (χ1n) is 2.81. The third-order valence-corrected chi connectivity index (χ3v) is 1.10. The predicted molar refractivity (Wildman–Crippen MR) is 36.8 cm³/mol. The van der Waals surface area contributed by atoms with Crippen molar-refractivity contribution in [2.45, 2.75) is 6.92 Å². The Morgan fingerprint density at radius 2 is 1.70 bits per heavy atom. The summed E-state index contributed by atoms with van der Waals surface area (Å²) in [5, 5.41) is 0. The summed E-state index contributed by atoms with van der Waals surface area (Å²) in [6.07, 6.45) is 0. The Morgan fingerprint density at radius 3 is 1.80 bits per heavy atom. The summed E-state index contributed by atoms with van der Waals surface area (Å²) in [5.74, 6) is -0.948. The Balaban J connectivity index is 4.08. The second-order valence-corrected chi connectivity index (χ2v) is 2.19. The van der Waals surface area contributed by atoms with E-state index in [1.807, 2.05) is 0 Å². The summed E-state index contributed by atoms with van der Waals surface area (Å²) in [4.78, 5) is 22.6. The standard InChI is InChI=1S/C6H11N2O2/c1-4(5(7)9)6(10)8(2)3/h1-3H3,(H2,7,9). The third kappa shape index (κ3) is 2.05. The zero-order chi connectivity index (χ0) is 8.31. The zero-order valence-corrected chi connectivity index (χ0v) is 6.34. The van der Waals surface area contributed by atoms with Crippen LogP contribution in [0.25, 0.3) is 0 Å². The summed E-state index contributed by atoms with van der Waals surface area (Å²) in [6.45, 7) is 1.41. The summed E-state index contributed by atoms with van der Waals surface area (Å²) in [6, 6.07) is 0. The van der Waals surface area contributed by atoms with Crippen LogP contribution in [0.4, 0.5) is 0 Å². The third-order valence-electron chi connectivity index (χ3n) is 1.10. The van der Waals surface area contributed by atoms with Crippen LogP contribution in [0.5, 0.6) is 0 Å². The van der Waals surface area contributed by atoms with Crippen LogP contribution >= 0.6 is 0 Å². The van der Waals surface area contributed by atoms with E-state index in [4.69, 9.17) is 5.73 Å². The molecule has 2 N–H and O–H groups in total. The maximum Gasteiger partial charge on any atom is 0.239 e. The SMILES string of the molecule is C[C](C(N)=O)C(=O)N(C)C. The minimum Gasteiger partial charge on any atom is -0.369 e. The van der Waals surface area contributed by atoms with Crippen molar-refractivity contribution in [1.82, 2.24) is 4.90 Å². The smallest absolute Gasteiger partial charge is 0.239 e. The van der Waals surface area contributed by atoms with E-state index in [1.165, 1.54) is 11.8 Å². The lowest BCUT2D eigenvalue weighted by Crippen LogP contribution is -2.34. The van der Waals surface area contributed by atoms with E-state index < -0.39 is 5.91 Å². The molecule has 0 bridgehead atoms. The highest BCUT2D eigenvalue weighted by Crippen LogP contribution is 1.99. The number of carbonyl (C=O) groups is 2. The molecular weight excluding hydrogens is 132 g/mol. The van der Waals surface area contributed by atoms with Gasteiger partial charge in [0.15, 0.2) is 0 Å². The van der Waals surface area contributed by atoms with Crippen molar-refractivity contribution in [3.8, 4) is 0 Å². The first-order chi connectivity index (χ1) is 4.46. The summed E-state index contributed by atoms with van der Waals surface area (Å²) >= 11 is 0. The number of amides is 2. The van der Waals surface area contributed by atoms with Gasteiger partial charge in [0.2, 0.25) is 11.8 Å². The largest absolute Gasteiger partial charge is 0.369 e. The highest BCUT2D eigenvalue weighted by molar-refractivity contribution is 6.12. The molecule has 0 aromatic heterocycles. The lowest BCUT2D eigenvalue weighted by molar-refractivity contribution is -0.130. The van der Waals surface area contributed by atoms with Gasteiger partial charge in [0.25, 0.3) is 0 Å². The lowest BCUT2D eigenvalue weighted by atomic mass is 10.1. The molecule has 0 aliphatic heterocycles. The number of nitrogens with two attached hydrogens (primary N) is 1. The van der Waals surface area contributed by atoms with Crippen molar-refractivity contribution in [2.75, 3.05) is 14.1 Å². The fourth-order valence-corrected chi connectivity index (χ4v) is 0.441. The molecule has 2 amide bonds. The van der Waals surface area contributed by atoms with Gasteiger partial charge in [0.1, 0.15) is 5.92 Å². The highest BCUT2D eigenvalue weighted by atomic mass is 16.2. The van der Waals surface area contributed by atoms with Crippen LogP contribution in [-0.2, 0) is 9.59 Å². The van der Waals surface area contributed by atoms with Crippen LogP contribution in [0.1, 0.15) is 6.92 Å². The molecule has 0 heterocycles. The Bertz CT molecular complexity index is 154. The van der Waals surface area contributed by atoms with Gasteiger partial charge in [-0.05, 0) is 6.92 Å². The Hall–Kier alpha value is -1.06. The van der Waals surface area contributed by atoms with Gasteiger partial charge in [-0.15, -0.1) is 0 Å². The molecule has 0 spiro atoms. The first-order valence-corrected chi connectivity index (χ1v) is 2.81. The van der Waals surface area contributed by atoms with Crippen molar-refractivity contribution in [1.29, 1.82) is 0 Å². The Kier molecular flexibility index (Phi) is 2.86. The fraction of sp³-hybridized carbons (Fsp3) is 0.500. The Morgan fingerprint density at radius 1 is 1.30 bits per heavy atom. The predicted octanol–water partition coefficient (Wildman–Crippen LogP) is -0.846. The average molecular weight is 143 g/mol. The molecule has 0 saturated heterocycles. The number of primary amides is 1. The fourth-order valence-electron chi connectivity index (χ4n) is 0.441. The quantitative estimate of drug-likeness (QED) is 0.512. The average Bonchev–Trinajstić information content (AvgIpc) is 1.84. The van der Waals surface area contributed by atoms with Crippen molar-refractivity contribution < 1.29 is 9.59 Å². The molecule has 10 heavy (non-hydrogen) atoms. The van der Waals surface area contributed by atoms with E-state index >= 15 is 0 Å². The topological polar surface area (TPSA) is 63.4 Å². The molecule has 0 saturated carbocycles. The summed E-state index contributed by atoms with van der Waals surface area (Å²) in [7, 11) is 3.13. The molecule has 57 valence electrons. The maximum absolute atomic E-state index is 10.9. The van der Waals surface area contributed by atoms with Gasteiger partial charge in [0, 0.05) is 14.1 Å². The number of rotatable bonds is 2. The molecule has 4 nitrogen and oxygen atoms in total. The van der Waals surface area contributed by atoms with Crippen LogP contribution in [0.3, 0.4) is 0 Å². The van der Waals surface area contributed by atoms with E-state index in [-0.39, 0.29) is 11.8 Å². The van der Waals surface area contributed by atoms with Crippen molar-refractivity contribution in [3.05, 3.63) is 5.92 Å². The Labute approximate surface area is 60.0 Å². The zero-order valence-electron chi connectivity index (χ0n) is 6.34. The van der Waals surface area contributed by atoms with Crippen LogP contribution in [-0.4, -0.2) is 30.8 Å². The van der Waals surface area contributed by atoms with E-state index in [9.17, 15) is 9.59 Å². The number of hydrogen-bond donors (Lipinski definition) is 1. The van der Waals surface area contributed by atoms with Gasteiger partial charge >= 0.3 is 0 Å². The molecule has 0 aromatic carbocycles. The van der Waals surface area contributed by atoms with E-state index in [0.717, 1.165) is 0 Å². The highest BCUT2D eigenvalue weighted by Gasteiger charge is 2.20. The lowest BCUT2D eigenvalue weighted by Gasteiger charge is -2.12. The monoisotopic (exact) mass is 143 g/mol. The minimum atomic E-state index is -0.668. The van der Waals surface area contributed by atoms with Crippen LogP contribution < -0.4 is 5.73 Å². The van der Waals surface area contributed by atoms with Gasteiger partial charge in [-0.1, -0.05) is 0 Å². The molecule has 0 aliphatic rings. The van der Waals surface area contributed by atoms with Gasteiger partial charge in [-0.3, -0.25) is 9.59 Å². The van der Waals surface area contributed by atoms with E-state index in [0.29, 0.717) is 0 Å². The molecule has 0 rings (SSSR count). The first kappa shape index (κ1) is 8.94. The molecule has 4 heteroatoms. The van der Waals surface area contributed by atoms with Gasteiger partial charge in [0.05, 0.1) is 0 Å². The number of hydrogen-bond acceptors (Lipinski definition) is 2. The van der Waals surface area contributed by atoms with Crippen molar-refractivity contribution in [3.63, 3.8) is 0 Å². The summed E-state index contributed by atoms with van der Waals surface area (Å²) in [5.41, 5.74) is 4.85. The van der Waals surface area contributed by atoms with Crippen LogP contribution in [0, 0.1) is 5.92 Å². The molecule has 0 atom stereocenters. The minimum absolute atomic E-state index is 0.0602. The van der Waals surface area contributed by atoms with Gasteiger partial charge in [-0.2, -0.15) is 0 Å². The second-order valence-electron chi connectivity index (χ2n) is 2.19. The normalized spacial score (nSPS) is 9.60. The summed E-state index contributed by atoms with van der Waals surface area (Å²) < 4.78 is 0. The van der Waals surface area contributed by atoms with Crippen molar-refractivity contribution >= 4 is 11.8 Å². The molecule has 0 fully saturated rings. The van der Waals surface area contributed by atoms with Crippen LogP contribution in [0.15, 0.2) is 0 Å². The molecule has 0 aliphatic carbocycles. The molecule has 0 unspecified atom stereocenters. The maximum atomic E-state index is 10.9. The van der Waals surface area contributed by atoms with E-state index in [1.54, 1.807) is 14.1 Å². The van der Waals surface area contributed by atoms with Crippen molar-refractivity contribution in [2.24, 2.45) is 5.73 Å². The van der Waals surface area contributed by atoms with Gasteiger partial charge < -0.3 is 10.6 Å². The van der Waals surface area contributed by atoms with Crippen LogP contribution in [0.2, 0.25) is 0 Å². The second kappa shape index (κ2) is 3.20. The van der Waals surface area contributed by atoms with Gasteiger partial charge in [-0.25, -0.2) is 0 Å². The number of carbonyl (C=O) groups excluding carboxylic acids is 2. The number of nitrogens with zero attached hydrogens (tertiary/aromatic N) is 1.